The molecule has 1 atom stereocenters. The van der Waals surface area contributed by atoms with Crippen LogP contribution in [0.15, 0.2) is 71.6 Å². The molecular formula is C27H28Cl3N3O5S. The topological polar surface area (TPSA) is 96.0 Å². The Bertz CT molecular complexity index is 1420. The first-order valence-corrected chi connectivity index (χ1v) is 14.5. The summed E-state index contributed by atoms with van der Waals surface area (Å²) in [6.45, 7) is 3.11. The Morgan fingerprint density at radius 3 is 2.15 bits per heavy atom. The van der Waals surface area contributed by atoms with Crippen LogP contribution in [0.5, 0.6) is 5.75 Å². The summed E-state index contributed by atoms with van der Waals surface area (Å²) in [5.74, 6) is -0.513. The van der Waals surface area contributed by atoms with E-state index in [4.69, 9.17) is 39.5 Å². The number of halogens is 3. The SMILES string of the molecule is CCNC(=O)C(C)N(Cc1ccc(Cl)c(Cl)c1)C(=O)CN(c1ccc(Cl)cc1)S(=O)(=O)c1ccc(OC)cc1. The molecule has 1 unspecified atom stereocenters. The van der Waals surface area contributed by atoms with Crippen LogP contribution in [0.3, 0.4) is 0 Å². The lowest BCUT2D eigenvalue weighted by molar-refractivity contribution is -0.139. The highest BCUT2D eigenvalue weighted by Gasteiger charge is 2.32. The van der Waals surface area contributed by atoms with Crippen LogP contribution in [-0.4, -0.2) is 51.4 Å². The van der Waals surface area contributed by atoms with Crippen molar-refractivity contribution in [1.29, 1.82) is 0 Å². The van der Waals surface area contributed by atoms with Crippen LogP contribution in [0.2, 0.25) is 15.1 Å². The molecule has 0 aromatic heterocycles. The third-order valence-electron chi connectivity index (χ3n) is 5.90. The molecule has 0 fully saturated rings. The first-order valence-electron chi connectivity index (χ1n) is 11.9. The molecule has 8 nitrogen and oxygen atoms in total. The van der Waals surface area contributed by atoms with Crippen molar-refractivity contribution in [3.05, 3.63) is 87.4 Å². The zero-order chi connectivity index (χ0) is 28.7. The molecule has 3 aromatic carbocycles. The number of nitrogens with one attached hydrogen (secondary N) is 1. The summed E-state index contributed by atoms with van der Waals surface area (Å²) in [6.07, 6.45) is 0. The predicted molar refractivity (Wildman–Crippen MR) is 154 cm³/mol. The fourth-order valence-electron chi connectivity index (χ4n) is 3.75. The maximum absolute atomic E-state index is 13.8. The van der Waals surface area contributed by atoms with E-state index in [1.54, 1.807) is 32.0 Å². The van der Waals surface area contributed by atoms with Gasteiger partial charge in [-0.25, -0.2) is 8.42 Å². The molecule has 0 spiro atoms. The molecule has 3 aromatic rings. The molecule has 39 heavy (non-hydrogen) atoms. The van der Waals surface area contributed by atoms with Crippen molar-refractivity contribution in [2.45, 2.75) is 31.3 Å². The second-order valence-electron chi connectivity index (χ2n) is 8.50. The fraction of sp³-hybridized carbons (Fsp3) is 0.259. The summed E-state index contributed by atoms with van der Waals surface area (Å²) >= 11 is 18.3. The van der Waals surface area contributed by atoms with Gasteiger partial charge >= 0.3 is 0 Å². The van der Waals surface area contributed by atoms with E-state index in [1.165, 1.54) is 60.5 Å². The zero-order valence-corrected chi connectivity index (χ0v) is 24.6. The Kier molecular flexibility index (Phi) is 10.5. The number of methoxy groups -OCH3 is 1. The van der Waals surface area contributed by atoms with Gasteiger partial charge in [0.25, 0.3) is 10.0 Å². The van der Waals surface area contributed by atoms with E-state index in [2.05, 4.69) is 5.32 Å². The molecule has 0 saturated heterocycles. The molecule has 0 aliphatic heterocycles. The molecule has 3 rings (SSSR count). The highest BCUT2D eigenvalue weighted by Crippen LogP contribution is 2.28. The summed E-state index contributed by atoms with van der Waals surface area (Å²) in [7, 11) is -2.74. The van der Waals surface area contributed by atoms with Gasteiger partial charge in [0.15, 0.2) is 0 Å². The van der Waals surface area contributed by atoms with E-state index >= 15 is 0 Å². The smallest absolute Gasteiger partial charge is 0.264 e. The quantitative estimate of drug-likeness (QED) is 0.313. The number of sulfonamides is 1. The van der Waals surface area contributed by atoms with Gasteiger partial charge in [-0.05, 0) is 80.1 Å². The van der Waals surface area contributed by atoms with Crippen molar-refractivity contribution in [3.8, 4) is 5.75 Å². The van der Waals surface area contributed by atoms with Crippen molar-refractivity contribution in [1.82, 2.24) is 10.2 Å². The van der Waals surface area contributed by atoms with E-state index in [0.29, 0.717) is 27.9 Å². The average molecular weight is 613 g/mol. The predicted octanol–water partition coefficient (Wildman–Crippen LogP) is 5.40. The molecule has 1 N–H and O–H groups in total. The maximum atomic E-state index is 13.8. The van der Waals surface area contributed by atoms with E-state index in [-0.39, 0.29) is 28.1 Å². The highest BCUT2D eigenvalue weighted by molar-refractivity contribution is 7.92. The molecule has 0 radical (unpaired) electrons. The Hall–Kier alpha value is -2.98. The van der Waals surface area contributed by atoms with Crippen LogP contribution in [0.4, 0.5) is 5.69 Å². The van der Waals surface area contributed by atoms with Crippen molar-refractivity contribution in [3.63, 3.8) is 0 Å². The van der Waals surface area contributed by atoms with Gasteiger partial charge in [-0.3, -0.25) is 13.9 Å². The van der Waals surface area contributed by atoms with Gasteiger partial charge in [-0.1, -0.05) is 40.9 Å². The fourth-order valence-corrected chi connectivity index (χ4v) is 5.61. The summed E-state index contributed by atoms with van der Waals surface area (Å²) in [6, 6.07) is 15.9. The van der Waals surface area contributed by atoms with E-state index in [9.17, 15) is 18.0 Å². The Morgan fingerprint density at radius 1 is 0.949 bits per heavy atom. The van der Waals surface area contributed by atoms with Gasteiger partial charge in [0, 0.05) is 18.1 Å². The molecule has 12 heteroatoms. The van der Waals surface area contributed by atoms with Crippen LogP contribution >= 0.6 is 34.8 Å². The number of nitrogens with zero attached hydrogens (tertiary/aromatic N) is 2. The highest BCUT2D eigenvalue weighted by atomic mass is 35.5. The Labute approximate surface area is 243 Å². The lowest BCUT2D eigenvalue weighted by atomic mass is 10.1. The molecule has 0 aliphatic carbocycles. The summed E-state index contributed by atoms with van der Waals surface area (Å²) in [4.78, 5) is 27.8. The molecule has 2 amide bonds. The van der Waals surface area contributed by atoms with Crippen LogP contribution in [0.25, 0.3) is 0 Å². The maximum Gasteiger partial charge on any atom is 0.264 e. The molecule has 0 bridgehead atoms. The molecule has 0 aliphatic rings. The summed E-state index contributed by atoms with van der Waals surface area (Å²) in [5, 5.41) is 3.74. The van der Waals surface area contributed by atoms with Crippen molar-refractivity contribution in [2.75, 3.05) is 24.5 Å². The molecule has 0 saturated carbocycles. The van der Waals surface area contributed by atoms with Crippen molar-refractivity contribution in [2.24, 2.45) is 0 Å². The van der Waals surface area contributed by atoms with Crippen LogP contribution in [-0.2, 0) is 26.2 Å². The number of hydrogen-bond acceptors (Lipinski definition) is 5. The minimum Gasteiger partial charge on any atom is -0.497 e. The number of carbonyl (C=O) groups is 2. The lowest BCUT2D eigenvalue weighted by Gasteiger charge is -2.32. The van der Waals surface area contributed by atoms with Gasteiger partial charge in [0.1, 0.15) is 18.3 Å². The van der Waals surface area contributed by atoms with Crippen molar-refractivity contribution >= 4 is 62.3 Å². The van der Waals surface area contributed by atoms with Gasteiger partial charge in [-0.2, -0.15) is 0 Å². The standard InChI is InChI=1S/C27H28Cl3N3O5S/c1-4-31-27(35)18(2)32(16-19-5-14-24(29)25(30)15-19)26(34)17-33(21-8-6-20(28)7-9-21)39(36,37)23-12-10-22(38-3)11-13-23/h5-15,18H,4,16-17H2,1-3H3,(H,31,35). The van der Waals surface area contributed by atoms with Gasteiger partial charge < -0.3 is 15.0 Å². The lowest BCUT2D eigenvalue weighted by Crippen LogP contribution is -2.51. The number of anilines is 1. The number of carbonyl (C=O) groups excluding carboxylic acids is 2. The molecule has 0 heterocycles. The second-order valence-corrected chi connectivity index (χ2v) is 11.6. The van der Waals surface area contributed by atoms with Crippen LogP contribution in [0, 0.1) is 0 Å². The first kappa shape index (κ1) is 30.6. The van der Waals surface area contributed by atoms with Gasteiger partial charge in [-0.15, -0.1) is 0 Å². The van der Waals surface area contributed by atoms with E-state index in [1.807, 2.05) is 0 Å². The minimum absolute atomic E-state index is 0.00886. The third-order valence-corrected chi connectivity index (χ3v) is 8.68. The third kappa shape index (κ3) is 7.57. The number of likely N-dealkylation sites (N-methyl/N-ethyl adjacent to an activating group) is 1. The van der Waals surface area contributed by atoms with Gasteiger partial charge in [0.2, 0.25) is 11.8 Å². The van der Waals surface area contributed by atoms with Crippen molar-refractivity contribution < 1.29 is 22.7 Å². The molecule has 208 valence electrons. The normalized spacial score (nSPS) is 11.9. The first-order chi connectivity index (χ1) is 18.5. The number of ether oxygens (including phenoxy) is 1. The van der Waals surface area contributed by atoms with Gasteiger partial charge in [0.05, 0.1) is 27.7 Å². The number of hydrogen-bond donors (Lipinski definition) is 1. The Balaban J connectivity index is 2.03. The molecular weight excluding hydrogens is 585 g/mol. The Morgan fingerprint density at radius 2 is 1.59 bits per heavy atom. The van der Waals surface area contributed by atoms with Crippen LogP contribution in [0.1, 0.15) is 19.4 Å². The summed E-state index contributed by atoms with van der Waals surface area (Å²) in [5.41, 5.74) is 0.841. The number of amides is 2. The second kappa shape index (κ2) is 13.4. The zero-order valence-electron chi connectivity index (χ0n) is 21.5. The van der Waals surface area contributed by atoms with E-state index < -0.39 is 28.5 Å². The average Bonchev–Trinajstić information content (AvgIpc) is 2.92. The van der Waals surface area contributed by atoms with E-state index in [0.717, 1.165) is 4.31 Å². The summed E-state index contributed by atoms with van der Waals surface area (Å²) < 4.78 is 33.7. The largest absolute Gasteiger partial charge is 0.497 e. The monoisotopic (exact) mass is 611 g/mol. The van der Waals surface area contributed by atoms with Crippen LogP contribution < -0.4 is 14.4 Å². The number of rotatable bonds is 11. The minimum atomic E-state index is -4.21. The number of benzene rings is 3.